The highest BCUT2D eigenvalue weighted by Gasteiger charge is 2.35. The smallest absolute Gasteiger partial charge is 0.384 e. The molecule has 1 aromatic carbocycles. The van der Waals surface area contributed by atoms with Gasteiger partial charge in [0.15, 0.2) is 0 Å². The summed E-state index contributed by atoms with van der Waals surface area (Å²) in [4.78, 5) is 3.64. The highest BCUT2D eigenvalue weighted by molar-refractivity contribution is 9.10. The number of hydrogen-bond acceptors (Lipinski definition) is 2. The fourth-order valence-electron chi connectivity index (χ4n) is 1.77. The fourth-order valence-corrected chi connectivity index (χ4v) is 2.55. The Hall–Kier alpha value is -1.11. The third kappa shape index (κ3) is 3.13. The molecule has 0 saturated carbocycles. The maximum absolute atomic E-state index is 12.9. The summed E-state index contributed by atoms with van der Waals surface area (Å²) in [5, 5.41) is 10.3. The van der Waals surface area contributed by atoms with Crippen LogP contribution in [0.3, 0.4) is 0 Å². The van der Waals surface area contributed by atoms with Crippen molar-refractivity contribution >= 4 is 27.5 Å². The molecular weight excluding hydrogens is 358 g/mol. The van der Waals surface area contributed by atoms with E-state index in [9.17, 15) is 18.3 Å². The molecule has 1 unspecified atom stereocenters. The average molecular weight is 367 g/mol. The molecule has 20 heavy (non-hydrogen) atoms. The molecule has 1 aromatic heterocycles. The second-order valence-electron chi connectivity index (χ2n) is 4.03. The Morgan fingerprint density at radius 2 is 1.90 bits per heavy atom. The van der Waals surface area contributed by atoms with Crippen LogP contribution in [0.2, 0.25) is 5.02 Å². The Morgan fingerprint density at radius 3 is 2.50 bits per heavy atom. The average Bonchev–Trinajstić information content (AvgIpc) is 2.37. The Bertz CT molecular complexity index is 633. The normalized spacial score (nSPS) is 13.3. The van der Waals surface area contributed by atoms with Crippen LogP contribution in [0.1, 0.15) is 22.8 Å². The third-order valence-electron chi connectivity index (χ3n) is 2.71. The minimum absolute atomic E-state index is 0.170. The number of alkyl halides is 3. The van der Waals surface area contributed by atoms with Crippen molar-refractivity contribution in [3.05, 3.63) is 62.8 Å². The predicted octanol–water partition coefficient (Wildman–Crippen LogP) is 4.60. The highest BCUT2D eigenvalue weighted by Crippen LogP contribution is 2.38. The van der Waals surface area contributed by atoms with E-state index < -0.39 is 17.8 Å². The minimum atomic E-state index is -4.57. The quantitative estimate of drug-likeness (QED) is 0.843. The summed E-state index contributed by atoms with van der Waals surface area (Å²) in [6, 6.07) is 5.38. The van der Waals surface area contributed by atoms with Gasteiger partial charge in [-0.25, -0.2) is 0 Å². The Balaban J connectivity index is 2.51. The van der Waals surface area contributed by atoms with Gasteiger partial charge in [0.05, 0.1) is 5.56 Å². The van der Waals surface area contributed by atoms with Crippen molar-refractivity contribution in [2.45, 2.75) is 12.3 Å². The number of halogens is 5. The van der Waals surface area contributed by atoms with E-state index in [1.165, 1.54) is 12.1 Å². The number of aliphatic hydroxyl groups excluding tert-OH is 1. The number of pyridine rings is 1. The largest absolute Gasteiger partial charge is 0.416 e. The second kappa shape index (κ2) is 5.71. The van der Waals surface area contributed by atoms with Crippen molar-refractivity contribution < 1.29 is 18.3 Å². The zero-order valence-corrected chi connectivity index (χ0v) is 12.2. The second-order valence-corrected chi connectivity index (χ2v) is 5.35. The monoisotopic (exact) mass is 365 g/mol. The van der Waals surface area contributed by atoms with Gasteiger partial charge in [0.2, 0.25) is 0 Å². The number of rotatable bonds is 2. The summed E-state index contributed by atoms with van der Waals surface area (Å²) in [7, 11) is 0. The van der Waals surface area contributed by atoms with Crippen LogP contribution in [0.15, 0.2) is 41.1 Å². The van der Waals surface area contributed by atoms with Gasteiger partial charge in [0, 0.05) is 33.0 Å². The summed E-state index contributed by atoms with van der Waals surface area (Å²) < 4.78 is 39.4. The molecule has 1 heterocycles. The molecule has 0 radical (unpaired) electrons. The van der Waals surface area contributed by atoms with Crippen LogP contribution < -0.4 is 0 Å². The first kappa shape index (κ1) is 15.3. The van der Waals surface area contributed by atoms with Gasteiger partial charge in [-0.05, 0) is 18.2 Å². The topological polar surface area (TPSA) is 33.1 Å². The minimum Gasteiger partial charge on any atom is -0.384 e. The van der Waals surface area contributed by atoms with Crippen LogP contribution in [-0.2, 0) is 6.18 Å². The van der Waals surface area contributed by atoms with Gasteiger partial charge in [-0.1, -0.05) is 33.6 Å². The van der Waals surface area contributed by atoms with Gasteiger partial charge in [0.1, 0.15) is 6.10 Å². The predicted molar refractivity (Wildman–Crippen MR) is 72.5 cm³/mol. The lowest BCUT2D eigenvalue weighted by Crippen LogP contribution is -2.13. The van der Waals surface area contributed by atoms with Gasteiger partial charge < -0.3 is 5.11 Å². The first-order valence-corrected chi connectivity index (χ1v) is 6.62. The maximum Gasteiger partial charge on any atom is 0.416 e. The molecule has 0 aliphatic rings. The number of benzene rings is 1. The number of aromatic nitrogens is 1. The first-order valence-electron chi connectivity index (χ1n) is 5.45. The molecular formula is C13H8BrClF3NO. The molecule has 1 atom stereocenters. The van der Waals surface area contributed by atoms with E-state index in [0.29, 0.717) is 4.47 Å². The molecule has 1 N–H and O–H groups in total. The number of aliphatic hydroxyl groups is 1. The van der Waals surface area contributed by atoms with E-state index in [2.05, 4.69) is 20.9 Å². The molecule has 0 saturated heterocycles. The molecule has 106 valence electrons. The van der Waals surface area contributed by atoms with Crippen LogP contribution in [0.25, 0.3) is 0 Å². The van der Waals surface area contributed by atoms with Crippen LogP contribution in [-0.4, -0.2) is 10.1 Å². The van der Waals surface area contributed by atoms with Crippen LogP contribution in [0, 0.1) is 0 Å². The lowest BCUT2D eigenvalue weighted by atomic mass is 9.98. The molecule has 0 aliphatic heterocycles. The van der Waals surface area contributed by atoms with Crippen LogP contribution >= 0.6 is 27.5 Å². The lowest BCUT2D eigenvalue weighted by molar-refractivity contribution is -0.139. The molecule has 2 aromatic rings. The van der Waals surface area contributed by atoms with E-state index in [1.54, 1.807) is 6.07 Å². The van der Waals surface area contributed by atoms with Crippen molar-refractivity contribution in [3.8, 4) is 0 Å². The molecule has 0 aliphatic carbocycles. The van der Waals surface area contributed by atoms with E-state index in [-0.39, 0.29) is 16.1 Å². The van der Waals surface area contributed by atoms with Crippen molar-refractivity contribution in [3.63, 3.8) is 0 Å². The van der Waals surface area contributed by atoms with E-state index in [4.69, 9.17) is 11.6 Å². The number of hydrogen-bond donors (Lipinski definition) is 1. The molecule has 0 amide bonds. The Morgan fingerprint density at radius 1 is 1.20 bits per heavy atom. The van der Waals surface area contributed by atoms with Gasteiger partial charge in [-0.15, -0.1) is 0 Å². The Kier molecular flexibility index (Phi) is 4.36. The summed E-state index contributed by atoms with van der Waals surface area (Å²) in [5.41, 5.74) is -1.07. The van der Waals surface area contributed by atoms with Gasteiger partial charge in [-0.2, -0.15) is 13.2 Å². The molecule has 0 fully saturated rings. The molecule has 0 bridgehead atoms. The van der Waals surface area contributed by atoms with Gasteiger partial charge >= 0.3 is 6.18 Å². The lowest BCUT2D eigenvalue weighted by Gasteiger charge is -2.18. The first-order chi connectivity index (χ1) is 9.30. The van der Waals surface area contributed by atoms with Gasteiger partial charge in [-0.3, -0.25) is 4.98 Å². The van der Waals surface area contributed by atoms with Crippen LogP contribution in [0.5, 0.6) is 0 Å². The van der Waals surface area contributed by atoms with Gasteiger partial charge in [0.25, 0.3) is 0 Å². The highest BCUT2D eigenvalue weighted by atomic mass is 79.9. The third-order valence-corrected chi connectivity index (χ3v) is 3.53. The zero-order chi connectivity index (χ0) is 14.9. The van der Waals surface area contributed by atoms with Crippen molar-refractivity contribution in [1.29, 1.82) is 0 Å². The standard InChI is InChI=1S/C13H8BrClF3NO/c14-7-1-2-8(11(15)5-7)12(20)9-6-19-4-3-10(9)13(16,17)18/h1-6,12,20H. The molecule has 0 spiro atoms. The van der Waals surface area contributed by atoms with E-state index in [0.717, 1.165) is 18.5 Å². The zero-order valence-electron chi connectivity index (χ0n) is 9.83. The summed E-state index contributed by atoms with van der Waals surface area (Å²) in [6.07, 6.45) is -4.05. The summed E-state index contributed by atoms with van der Waals surface area (Å²) >= 11 is 9.14. The SMILES string of the molecule is OC(c1ccc(Br)cc1Cl)c1cnccc1C(F)(F)F. The van der Waals surface area contributed by atoms with Crippen molar-refractivity contribution in [1.82, 2.24) is 4.98 Å². The summed E-state index contributed by atoms with van der Waals surface area (Å²) in [5.74, 6) is 0. The molecule has 7 heteroatoms. The van der Waals surface area contributed by atoms with Crippen molar-refractivity contribution in [2.24, 2.45) is 0 Å². The molecule has 2 rings (SSSR count). The number of nitrogens with zero attached hydrogens (tertiary/aromatic N) is 1. The Labute approximate surface area is 126 Å². The summed E-state index contributed by atoms with van der Waals surface area (Å²) in [6.45, 7) is 0. The van der Waals surface area contributed by atoms with Crippen molar-refractivity contribution in [2.75, 3.05) is 0 Å². The maximum atomic E-state index is 12.9. The molecule has 2 nitrogen and oxygen atoms in total. The van der Waals surface area contributed by atoms with Crippen LogP contribution in [0.4, 0.5) is 13.2 Å². The van der Waals surface area contributed by atoms with E-state index in [1.807, 2.05) is 0 Å². The van der Waals surface area contributed by atoms with E-state index >= 15 is 0 Å². The fraction of sp³-hybridized carbons (Fsp3) is 0.154.